The number of aliphatic imine (C=N–C) groups is 1. The van der Waals surface area contributed by atoms with E-state index in [0.29, 0.717) is 25.5 Å². The standard InChI is InChI=1S/C11H16N4O3/c1-18-6-5-13-11(9-15(16)17)14-8-10-3-2-4-12-7-10/h2-4,7H,5-6,8-9H2,1H3,(H,13,14). The van der Waals surface area contributed by atoms with Crippen LogP contribution < -0.4 is 5.32 Å². The Morgan fingerprint density at radius 3 is 3.11 bits per heavy atom. The molecule has 0 aliphatic rings. The van der Waals surface area contributed by atoms with E-state index >= 15 is 0 Å². The molecule has 0 fully saturated rings. The molecule has 0 unspecified atom stereocenters. The fourth-order valence-corrected chi connectivity index (χ4v) is 1.26. The minimum Gasteiger partial charge on any atom is -0.383 e. The summed E-state index contributed by atoms with van der Waals surface area (Å²) in [6.45, 7) is 1.03. The molecule has 7 heteroatoms. The van der Waals surface area contributed by atoms with Gasteiger partial charge < -0.3 is 10.1 Å². The van der Waals surface area contributed by atoms with Crippen LogP contribution in [-0.4, -0.2) is 42.5 Å². The van der Waals surface area contributed by atoms with Crippen molar-refractivity contribution in [1.82, 2.24) is 10.3 Å². The second-order valence-electron chi connectivity index (χ2n) is 3.53. The van der Waals surface area contributed by atoms with E-state index < -0.39 is 4.92 Å². The summed E-state index contributed by atoms with van der Waals surface area (Å²) in [5, 5.41) is 13.4. The van der Waals surface area contributed by atoms with Gasteiger partial charge in [0, 0.05) is 31.0 Å². The summed E-state index contributed by atoms with van der Waals surface area (Å²) >= 11 is 0. The number of hydrogen-bond acceptors (Lipinski definition) is 5. The zero-order chi connectivity index (χ0) is 13.2. The van der Waals surface area contributed by atoms with Crippen molar-refractivity contribution >= 4 is 5.84 Å². The van der Waals surface area contributed by atoms with Gasteiger partial charge in [-0.25, -0.2) is 0 Å². The first-order valence-corrected chi connectivity index (χ1v) is 5.49. The minimum absolute atomic E-state index is 0.315. The molecule has 1 heterocycles. The van der Waals surface area contributed by atoms with Crippen LogP contribution in [0.2, 0.25) is 0 Å². The predicted octanol–water partition coefficient (Wildman–Crippen LogP) is 0.493. The van der Waals surface area contributed by atoms with Crippen LogP contribution in [0.3, 0.4) is 0 Å². The second-order valence-corrected chi connectivity index (χ2v) is 3.53. The van der Waals surface area contributed by atoms with E-state index in [4.69, 9.17) is 4.74 Å². The van der Waals surface area contributed by atoms with E-state index in [1.54, 1.807) is 25.6 Å². The van der Waals surface area contributed by atoms with Crippen molar-refractivity contribution in [2.75, 3.05) is 26.8 Å². The number of amidine groups is 1. The van der Waals surface area contributed by atoms with Gasteiger partial charge >= 0.3 is 0 Å². The molecular formula is C11H16N4O3. The number of aromatic nitrogens is 1. The van der Waals surface area contributed by atoms with Crippen LogP contribution in [0.4, 0.5) is 0 Å². The van der Waals surface area contributed by atoms with Crippen LogP contribution >= 0.6 is 0 Å². The van der Waals surface area contributed by atoms with Gasteiger partial charge in [-0.2, -0.15) is 0 Å². The third kappa shape index (κ3) is 5.90. The largest absolute Gasteiger partial charge is 0.383 e. The number of nitro groups is 1. The highest BCUT2D eigenvalue weighted by Gasteiger charge is 2.06. The maximum absolute atomic E-state index is 10.5. The van der Waals surface area contributed by atoms with Gasteiger partial charge in [0.05, 0.1) is 13.2 Å². The minimum atomic E-state index is -0.415. The van der Waals surface area contributed by atoms with Crippen molar-refractivity contribution in [1.29, 1.82) is 0 Å². The van der Waals surface area contributed by atoms with E-state index in [1.807, 2.05) is 6.07 Å². The zero-order valence-corrected chi connectivity index (χ0v) is 10.2. The molecule has 0 amide bonds. The average molecular weight is 252 g/mol. The number of pyridine rings is 1. The Kier molecular flexibility index (Phi) is 6.34. The van der Waals surface area contributed by atoms with Crippen LogP contribution in [0.15, 0.2) is 29.5 Å². The normalized spacial score (nSPS) is 11.3. The molecule has 0 aliphatic heterocycles. The first-order chi connectivity index (χ1) is 8.72. The highest BCUT2D eigenvalue weighted by atomic mass is 16.6. The van der Waals surface area contributed by atoms with Gasteiger partial charge in [-0.05, 0) is 11.6 Å². The summed E-state index contributed by atoms with van der Waals surface area (Å²) in [6, 6.07) is 3.67. The molecule has 7 nitrogen and oxygen atoms in total. The fraction of sp³-hybridized carbons (Fsp3) is 0.455. The van der Waals surface area contributed by atoms with Crippen LogP contribution in [0.25, 0.3) is 0 Å². The fourth-order valence-electron chi connectivity index (χ4n) is 1.26. The van der Waals surface area contributed by atoms with Crippen molar-refractivity contribution < 1.29 is 9.66 Å². The molecule has 0 aromatic carbocycles. The summed E-state index contributed by atoms with van der Waals surface area (Å²) in [5.74, 6) is 0.348. The second kappa shape index (κ2) is 8.13. The Morgan fingerprint density at radius 1 is 1.67 bits per heavy atom. The Bertz CT molecular complexity index is 395. The average Bonchev–Trinajstić information content (AvgIpc) is 2.37. The van der Waals surface area contributed by atoms with Crippen LogP contribution in [0.5, 0.6) is 0 Å². The first kappa shape index (κ1) is 14.0. The third-order valence-corrected chi connectivity index (χ3v) is 2.09. The van der Waals surface area contributed by atoms with E-state index in [2.05, 4.69) is 15.3 Å². The van der Waals surface area contributed by atoms with E-state index in [1.165, 1.54) is 0 Å². The Hall–Kier alpha value is -2.02. The molecule has 98 valence electrons. The molecule has 0 bridgehead atoms. The summed E-state index contributed by atoms with van der Waals surface area (Å²) in [5.41, 5.74) is 0.909. The van der Waals surface area contributed by atoms with Gasteiger partial charge in [-0.3, -0.25) is 20.1 Å². The number of methoxy groups -OCH3 is 1. The van der Waals surface area contributed by atoms with Gasteiger partial charge in [0.2, 0.25) is 0 Å². The van der Waals surface area contributed by atoms with Crippen LogP contribution in [0, 0.1) is 10.1 Å². The molecule has 1 aromatic rings. The molecular weight excluding hydrogens is 236 g/mol. The van der Waals surface area contributed by atoms with Gasteiger partial charge in [-0.15, -0.1) is 0 Å². The molecule has 0 saturated carbocycles. The van der Waals surface area contributed by atoms with Crippen LogP contribution in [0.1, 0.15) is 5.56 Å². The lowest BCUT2D eigenvalue weighted by atomic mass is 10.3. The zero-order valence-electron chi connectivity index (χ0n) is 10.2. The molecule has 0 radical (unpaired) electrons. The first-order valence-electron chi connectivity index (χ1n) is 5.49. The molecule has 0 saturated heterocycles. The third-order valence-electron chi connectivity index (χ3n) is 2.09. The molecule has 0 aliphatic carbocycles. The van der Waals surface area contributed by atoms with Gasteiger partial charge in [0.15, 0.2) is 5.84 Å². The molecule has 0 spiro atoms. The van der Waals surface area contributed by atoms with Crippen molar-refractivity contribution in [3.05, 3.63) is 40.2 Å². The summed E-state index contributed by atoms with van der Waals surface area (Å²) in [4.78, 5) is 18.2. The maximum atomic E-state index is 10.5. The summed E-state index contributed by atoms with van der Waals surface area (Å²) < 4.78 is 4.86. The van der Waals surface area contributed by atoms with Crippen LogP contribution in [-0.2, 0) is 11.3 Å². The lowest BCUT2D eigenvalue weighted by Crippen LogP contribution is -2.32. The molecule has 18 heavy (non-hydrogen) atoms. The van der Waals surface area contributed by atoms with Crippen molar-refractivity contribution in [3.63, 3.8) is 0 Å². The van der Waals surface area contributed by atoms with Crippen molar-refractivity contribution in [3.8, 4) is 0 Å². The molecule has 1 aromatic heterocycles. The van der Waals surface area contributed by atoms with E-state index in [-0.39, 0.29) is 6.54 Å². The van der Waals surface area contributed by atoms with Crippen molar-refractivity contribution in [2.45, 2.75) is 6.54 Å². The maximum Gasteiger partial charge on any atom is 0.259 e. The highest BCUT2D eigenvalue weighted by molar-refractivity contribution is 5.83. The number of nitrogens with zero attached hydrogens (tertiary/aromatic N) is 3. The van der Waals surface area contributed by atoms with E-state index in [9.17, 15) is 10.1 Å². The van der Waals surface area contributed by atoms with E-state index in [0.717, 1.165) is 5.56 Å². The topological polar surface area (TPSA) is 89.6 Å². The Morgan fingerprint density at radius 2 is 2.50 bits per heavy atom. The number of rotatable bonds is 7. The Balaban J connectivity index is 2.55. The van der Waals surface area contributed by atoms with Gasteiger partial charge in [-0.1, -0.05) is 6.07 Å². The summed E-state index contributed by atoms with van der Waals surface area (Å²) in [6.07, 6.45) is 3.35. The smallest absolute Gasteiger partial charge is 0.259 e. The summed E-state index contributed by atoms with van der Waals surface area (Å²) in [7, 11) is 1.57. The highest BCUT2D eigenvalue weighted by Crippen LogP contribution is 1.97. The quantitative estimate of drug-likeness (QED) is 0.251. The predicted molar refractivity (Wildman–Crippen MR) is 67.1 cm³/mol. The lowest BCUT2D eigenvalue weighted by molar-refractivity contribution is -0.463. The van der Waals surface area contributed by atoms with Gasteiger partial charge in [0.25, 0.3) is 6.54 Å². The van der Waals surface area contributed by atoms with Gasteiger partial charge in [0.1, 0.15) is 0 Å². The molecule has 1 rings (SSSR count). The lowest BCUT2D eigenvalue weighted by Gasteiger charge is -2.06. The van der Waals surface area contributed by atoms with Crippen molar-refractivity contribution in [2.24, 2.45) is 4.99 Å². The number of hydrogen-bond donors (Lipinski definition) is 1. The SMILES string of the molecule is COCCNC(C[N+](=O)[O-])=NCc1cccnc1. The molecule has 1 N–H and O–H groups in total. The molecule has 0 atom stereocenters. The monoisotopic (exact) mass is 252 g/mol. The Labute approximate surface area is 105 Å². The number of nitrogens with one attached hydrogen (secondary N) is 1. The number of ether oxygens (including phenoxy) is 1.